The van der Waals surface area contributed by atoms with Crippen LogP contribution in [0.15, 0.2) is 40.8 Å². The summed E-state index contributed by atoms with van der Waals surface area (Å²) in [5.41, 5.74) is 0.716. The molecule has 0 aliphatic carbocycles. The van der Waals surface area contributed by atoms with E-state index in [4.69, 9.17) is 4.74 Å². The second-order valence-corrected chi connectivity index (χ2v) is 6.31. The quantitative estimate of drug-likeness (QED) is 0.843. The summed E-state index contributed by atoms with van der Waals surface area (Å²) in [6.07, 6.45) is 0. The van der Waals surface area contributed by atoms with Crippen LogP contribution in [-0.2, 0) is 14.8 Å². The number of allylic oxidation sites excluding steroid dienone is 1. The lowest BCUT2D eigenvalue weighted by molar-refractivity contribution is -0.128. The molecule has 0 bridgehead atoms. The summed E-state index contributed by atoms with van der Waals surface area (Å²) >= 11 is 0. The van der Waals surface area contributed by atoms with Gasteiger partial charge in [-0.15, -0.1) is 0 Å². The zero-order chi connectivity index (χ0) is 14.0. The van der Waals surface area contributed by atoms with Crippen molar-refractivity contribution in [2.45, 2.75) is 13.8 Å². The van der Waals surface area contributed by atoms with E-state index in [0.717, 1.165) is 4.31 Å². The Balaban J connectivity index is 1.99. The summed E-state index contributed by atoms with van der Waals surface area (Å²) < 4.78 is 29.8. The van der Waals surface area contributed by atoms with Gasteiger partial charge in [0.15, 0.2) is 6.61 Å². The highest BCUT2D eigenvalue weighted by Crippen LogP contribution is 2.29. The van der Waals surface area contributed by atoms with Crippen molar-refractivity contribution in [3.05, 3.63) is 40.8 Å². The Morgan fingerprint density at radius 3 is 2.42 bits per heavy atom. The van der Waals surface area contributed by atoms with E-state index in [9.17, 15) is 13.2 Å². The Bertz CT molecular complexity index is 615. The molecule has 2 rings (SSSR count). The van der Waals surface area contributed by atoms with E-state index in [0.29, 0.717) is 16.2 Å². The van der Waals surface area contributed by atoms with Gasteiger partial charge in [0.05, 0.1) is 11.4 Å². The van der Waals surface area contributed by atoms with Crippen molar-refractivity contribution in [1.82, 2.24) is 4.31 Å². The minimum atomic E-state index is -3.58. The van der Waals surface area contributed by atoms with Crippen molar-refractivity contribution in [2.24, 2.45) is 0 Å². The number of nitrogens with zero attached hydrogens (tertiary/aromatic N) is 1. The molecule has 1 aromatic rings. The zero-order valence-electron chi connectivity index (χ0n) is 10.8. The van der Waals surface area contributed by atoms with Crippen LogP contribution in [0.4, 0.5) is 0 Å². The third-order valence-electron chi connectivity index (χ3n) is 2.83. The van der Waals surface area contributed by atoms with Crippen molar-refractivity contribution >= 4 is 15.9 Å². The van der Waals surface area contributed by atoms with E-state index in [1.807, 2.05) is 6.07 Å². The second kappa shape index (κ2) is 5.05. The normalized spacial score (nSPS) is 16.7. The first-order valence-electron chi connectivity index (χ1n) is 5.82. The maximum absolute atomic E-state index is 11.8. The molecule has 0 atom stereocenters. The highest BCUT2D eigenvalue weighted by Gasteiger charge is 2.42. The van der Waals surface area contributed by atoms with Crippen molar-refractivity contribution in [3.63, 3.8) is 0 Å². The molecule has 102 valence electrons. The third kappa shape index (κ3) is 2.63. The van der Waals surface area contributed by atoms with E-state index in [-0.39, 0.29) is 13.2 Å². The number of carbonyl (C=O) groups is 1. The first-order valence-corrected chi connectivity index (χ1v) is 7.26. The highest BCUT2D eigenvalue weighted by atomic mass is 32.2. The third-order valence-corrected chi connectivity index (χ3v) is 4.90. The van der Waals surface area contributed by atoms with E-state index < -0.39 is 15.9 Å². The van der Waals surface area contributed by atoms with E-state index in [2.05, 4.69) is 0 Å². The Hall–Kier alpha value is -1.82. The van der Waals surface area contributed by atoms with Crippen LogP contribution >= 0.6 is 0 Å². The van der Waals surface area contributed by atoms with Crippen molar-refractivity contribution in [1.29, 1.82) is 0 Å². The Morgan fingerprint density at radius 2 is 1.89 bits per heavy atom. The molecule has 0 N–H and O–H groups in total. The number of rotatable bonds is 3. The standard InChI is InChI=1S/C13H15NO4S/c1-10(2)12-8-14(19(12,16)17)13(15)9-18-11-6-4-3-5-7-11/h3-7H,8-9H2,1-2H3. The van der Waals surface area contributed by atoms with E-state index in [1.54, 1.807) is 38.1 Å². The number of para-hydroxylation sites is 1. The van der Waals surface area contributed by atoms with Gasteiger partial charge in [-0.1, -0.05) is 23.8 Å². The van der Waals surface area contributed by atoms with Gasteiger partial charge in [0.1, 0.15) is 5.75 Å². The van der Waals surface area contributed by atoms with Gasteiger partial charge >= 0.3 is 0 Å². The molecule has 0 saturated carbocycles. The molecule has 1 aliphatic rings. The minimum Gasteiger partial charge on any atom is -0.484 e. The second-order valence-electron chi connectivity index (χ2n) is 4.43. The van der Waals surface area contributed by atoms with Crippen LogP contribution in [0, 0.1) is 0 Å². The van der Waals surface area contributed by atoms with Crippen LogP contribution < -0.4 is 4.74 Å². The van der Waals surface area contributed by atoms with Crippen LogP contribution in [0.2, 0.25) is 0 Å². The maximum atomic E-state index is 11.8. The Kier molecular flexibility index (Phi) is 3.61. The zero-order valence-corrected chi connectivity index (χ0v) is 11.6. The highest BCUT2D eigenvalue weighted by molar-refractivity contribution is 7.95. The summed E-state index contributed by atoms with van der Waals surface area (Å²) in [6.45, 7) is 3.30. The first-order chi connectivity index (χ1) is 8.93. The van der Waals surface area contributed by atoms with Crippen LogP contribution in [0.25, 0.3) is 0 Å². The molecule has 6 heteroatoms. The van der Waals surface area contributed by atoms with Gasteiger partial charge in [0.2, 0.25) is 0 Å². The fourth-order valence-corrected chi connectivity index (χ4v) is 3.21. The number of amides is 1. The molecule has 19 heavy (non-hydrogen) atoms. The summed E-state index contributed by atoms with van der Waals surface area (Å²) in [5.74, 6) is -0.00920. The summed E-state index contributed by atoms with van der Waals surface area (Å²) in [7, 11) is -3.58. The molecule has 0 unspecified atom stereocenters. The van der Waals surface area contributed by atoms with Gasteiger partial charge in [-0.3, -0.25) is 4.79 Å². The molecule has 1 amide bonds. The van der Waals surface area contributed by atoms with Gasteiger partial charge in [0, 0.05) is 0 Å². The van der Waals surface area contributed by atoms with Crippen LogP contribution in [0.5, 0.6) is 5.75 Å². The van der Waals surface area contributed by atoms with Crippen molar-refractivity contribution < 1.29 is 17.9 Å². The molecule has 1 saturated heterocycles. The SMILES string of the molecule is CC(C)=C1CN(C(=O)COc2ccccc2)S1(=O)=O. The largest absolute Gasteiger partial charge is 0.484 e. The first kappa shape index (κ1) is 13.6. The topological polar surface area (TPSA) is 63.7 Å². The molecule has 0 radical (unpaired) electrons. The molecule has 1 heterocycles. The Morgan fingerprint density at radius 1 is 1.26 bits per heavy atom. The van der Waals surface area contributed by atoms with Crippen LogP contribution in [-0.4, -0.2) is 31.8 Å². The maximum Gasteiger partial charge on any atom is 0.274 e. The summed E-state index contributed by atoms with van der Waals surface area (Å²) in [6, 6.07) is 8.80. The van der Waals surface area contributed by atoms with E-state index in [1.165, 1.54) is 0 Å². The summed E-state index contributed by atoms with van der Waals surface area (Å²) in [4.78, 5) is 12.1. The molecule has 1 aromatic carbocycles. The lowest BCUT2D eigenvalue weighted by atomic mass is 10.3. The van der Waals surface area contributed by atoms with Crippen LogP contribution in [0.1, 0.15) is 13.8 Å². The van der Waals surface area contributed by atoms with Gasteiger partial charge < -0.3 is 4.74 Å². The number of ether oxygens (including phenoxy) is 1. The predicted octanol–water partition coefficient (Wildman–Crippen LogP) is 1.53. The smallest absolute Gasteiger partial charge is 0.274 e. The fourth-order valence-electron chi connectivity index (χ4n) is 1.73. The lowest BCUT2D eigenvalue weighted by Crippen LogP contribution is -2.51. The van der Waals surface area contributed by atoms with Gasteiger partial charge in [0.25, 0.3) is 15.9 Å². The van der Waals surface area contributed by atoms with Gasteiger partial charge in [-0.25, -0.2) is 12.7 Å². The van der Waals surface area contributed by atoms with Crippen LogP contribution in [0.3, 0.4) is 0 Å². The Labute approximate surface area is 112 Å². The fraction of sp³-hybridized carbons (Fsp3) is 0.308. The monoisotopic (exact) mass is 281 g/mol. The minimum absolute atomic E-state index is 0.141. The van der Waals surface area contributed by atoms with Gasteiger partial charge in [-0.2, -0.15) is 0 Å². The predicted molar refractivity (Wildman–Crippen MR) is 70.9 cm³/mol. The number of benzene rings is 1. The van der Waals surface area contributed by atoms with Gasteiger partial charge in [-0.05, 0) is 26.0 Å². The molecule has 1 aliphatic heterocycles. The molecule has 5 nitrogen and oxygen atoms in total. The van der Waals surface area contributed by atoms with Crippen molar-refractivity contribution in [3.8, 4) is 5.75 Å². The number of carbonyl (C=O) groups excluding carboxylic acids is 1. The molecule has 0 spiro atoms. The average molecular weight is 281 g/mol. The lowest BCUT2D eigenvalue weighted by Gasteiger charge is -2.33. The molecule has 1 fully saturated rings. The molecular weight excluding hydrogens is 266 g/mol. The number of hydrogen-bond acceptors (Lipinski definition) is 4. The summed E-state index contributed by atoms with van der Waals surface area (Å²) in [5, 5.41) is 0. The number of sulfonamides is 1. The molecular formula is C13H15NO4S. The number of hydrogen-bond donors (Lipinski definition) is 0. The average Bonchev–Trinajstić information content (AvgIpc) is 2.36. The molecule has 0 aromatic heterocycles. The van der Waals surface area contributed by atoms with E-state index >= 15 is 0 Å². The van der Waals surface area contributed by atoms with Crippen molar-refractivity contribution in [2.75, 3.05) is 13.2 Å².